The van der Waals surface area contributed by atoms with Gasteiger partial charge in [-0.1, -0.05) is 73.8 Å². The van der Waals surface area contributed by atoms with Crippen molar-refractivity contribution in [2.24, 2.45) is 5.92 Å². The van der Waals surface area contributed by atoms with Crippen LogP contribution in [0.3, 0.4) is 0 Å². The molecule has 2 saturated heterocycles. The summed E-state index contributed by atoms with van der Waals surface area (Å²) >= 11 is 12.5. The highest BCUT2D eigenvalue weighted by Gasteiger charge is 2.72. The first-order chi connectivity index (χ1) is 19.4. The molecule has 222 valence electrons. The van der Waals surface area contributed by atoms with Crippen molar-refractivity contribution in [1.29, 1.82) is 0 Å². The molecular formula is C31H41BCl2N2O5. The Morgan fingerprint density at radius 3 is 2.39 bits per heavy atom. The van der Waals surface area contributed by atoms with Crippen molar-refractivity contribution in [2.75, 3.05) is 6.54 Å². The van der Waals surface area contributed by atoms with Crippen LogP contribution in [0, 0.1) is 5.92 Å². The van der Waals surface area contributed by atoms with E-state index in [1.807, 2.05) is 44.2 Å². The van der Waals surface area contributed by atoms with Crippen LogP contribution in [0.4, 0.5) is 0 Å². The normalized spacial score (nSPS) is 28.7. The predicted octanol–water partition coefficient (Wildman–Crippen LogP) is 6.24. The number of halogens is 2. The summed E-state index contributed by atoms with van der Waals surface area (Å²) in [6, 6.07) is 13.0. The van der Waals surface area contributed by atoms with Crippen LogP contribution in [-0.2, 0) is 25.3 Å². The molecule has 7 nitrogen and oxygen atoms in total. The maximum atomic E-state index is 14.3. The molecule has 7 atom stereocenters. The lowest BCUT2D eigenvalue weighted by atomic mass is 9.50. The zero-order valence-corrected chi connectivity index (χ0v) is 26.2. The van der Waals surface area contributed by atoms with E-state index >= 15 is 0 Å². The Morgan fingerprint density at radius 2 is 1.76 bits per heavy atom. The van der Waals surface area contributed by atoms with E-state index in [4.69, 9.17) is 32.5 Å². The number of likely N-dealkylation sites (N-methyl/N-ethyl adjacent to an activating group) is 1. The first kappa shape index (κ1) is 31.5. The van der Waals surface area contributed by atoms with Crippen molar-refractivity contribution in [3.8, 4) is 0 Å². The van der Waals surface area contributed by atoms with E-state index in [2.05, 4.69) is 33.0 Å². The van der Waals surface area contributed by atoms with Crippen LogP contribution in [-0.4, -0.2) is 59.5 Å². The van der Waals surface area contributed by atoms with Gasteiger partial charge in [0, 0.05) is 11.6 Å². The van der Waals surface area contributed by atoms with E-state index in [0.717, 1.165) is 5.56 Å². The number of fused-ring (bicyclic) bond motifs is 1. The van der Waals surface area contributed by atoms with E-state index in [0.29, 0.717) is 28.8 Å². The molecule has 0 spiro atoms. The maximum absolute atomic E-state index is 14.3. The summed E-state index contributed by atoms with van der Waals surface area (Å²) in [7, 11) is 0. The number of rotatable bonds is 11. The largest absolute Gasteiger partial charge is 0.610 e. The van der Waals surface area contributed by atoms with Crippen molar-refractivity contribution in [1.82, 2.24) is 5.32 Å². The number of hydrogen-bond acceptors (Lipinski definition) is 5. The number of amides is 1. The van der Waals surface area contributed by atoms with Crippen LogP contribution in [0.1, 0.15) is 70.3 Å². The quantitative estimate of drug-likeness (QED) is 0.308. The van der Waals surface area contributed by atoms with Crippen LogP contribution < -0.4 is 5.32 Å². The molecule has 2 heterocycles. The van der Waals surface area contributed by atoms with Gasteiger partial charge in [0.2, 0.25) is 0 Å². The Bertz CT molecular complexity index is 1290. The molecule has 2 aromatic rings. The van der Waals surface area contributed by atoms with Gasteiger partial charge in [0.15, 0.2) is 5.78 Å². The smallest absolute Gasteiger partial charge is 0.532 e. The Morgan fingerprint density at radius 1 is 1.07 bits per heavy atom. The van der Waals surface area contributed by atoms with Crippen molar-refractivity contribution >= 4 is 47.5 Å². The number of quaternary nitrogens is 1. The SMILES string of the molecule is CC[N+]12[C@H](C)C(=O)O[B-]1([C@@H](CC(=O)[C@H](Cc1ccccc1)NC(=O)c1cc(Cl)ccc1Cl)CC(C)C)O[C@@H](C)[C@H]2C. The lowest BCUT2D eigenvalue weighted by molar-refractivity contribution is -0.864. The Hall–Kier alpha value is -2.39. The third-order valence-electron chi connectivity index (χ3n) is 9.40. The van der Waals surface area contributed by atoms with Gasteiger partial charge >= 0.3 is 12.7 Å². The molecule has 0 bridgehead atoms. The molecule has 0 aromatic heterocycles. The number of Topliss-reactive ketones (excluding diaryl/α,β-unsaturated/α-hetero) is 1. The molecule has 2 aromatic carbocycles. The first-order valence-electron chi connectivity index (χ1n) is 14.6. The summed E-state index contributed by atoms with van der Waals surface area (Å²) in [5.41, 5.74) is 1.11. The number of carbonyl (C=O) groups excluding carboxylic acids is 3. The number of benzene rings is 2. The molecule has 10 heteroatoms. The summed E-state index contributed by atoms with van der Waals surface area (Å²) in [5.74, 6) is -1.04. The number of hydrogen-bond donors (Lipinski definition) is 1. The predicted molar refractivity (Wildman–Crippen MR) is 163 cm³/mol. The monoisotopic (exact) mass is 602 g/mol. The molecule has 0 saturated carbocycles. The summed E-state index contributed by atoms with van der Waals surface area (Å²) in [5, 5.41) is 3.56. The Balaban J connectivity index is 1.70. The minimum absolute atomic E-state index is 0.0241. The molecule has 1 amide bonds. The number of ketones is 1. The molecule has 2 aliphatic rings. The zero-order valence-electron chi connectivity index (χ0n) is 24.7. The van der Waals surface area contributed by atoms with Crippen LogP contribution in [0.25, 0.3) is 0 Å². The maximum Gasteiger partial charge on any atom is 0.532 e. The average Bonchev–Trinajstić information content (AvgIpc) is 3.28. The Kier molecular flexibility index (Phi) is 9.59. The molecule has 1 N–H and O–H groups in total. The van der Waals surface area contributed by atoms with Gasteiger partial charge < -0.3 is 19.0 Å². The zero-order chi connectivity index (χ0) is 30.1. The minimum Gasteiger partial charge on any atom is -0.610 e. The van der Waals surface area contributed by atoms with Crippen LogP contribution in [0.5, 0.6) is 0 Å². The van der Waals surface area contributed by atoms with Gasteiger partial charge in [-0.2, -0.15) is 0 Å². The molecule has 41 heavy (non-hydrogen) atoms. The standard InChI is InChI=1S/C31H41BCl2N2O5/c1-7-36-20(4)22(6)40-32(36,41-31(39)21(36)5)24(15-19(2)3)17-29(37)28(16-23-11-9-8-10-12-23)35-30(38)26-18-25(33)13-14-27(26)34/h8-14,18-22,24,28H,7,15-17H2,1-6H3,(H,35,38)/t20-,21-,22+,24-,28+,32?,36?/m1/s1. The minimum atomic E-state index is -2.19. The van der Waals surface area contributed by atoms with Crippen molar-refractivity contribution in [3.05, 3.63) is 69.7 Å². The van der Waals surface area contributed by atoms with E-state index < -0.39 is 24.7 Å². The molecule has 2 unspecified atom stereocenters. The van der Waals surface area contributed by atoms with Crippen LogP contribution >= 0.6 is 23.2 Å². The number of nitrogens with one attached hydrogen (secondary N) is 1. The van der Waals surface area contributed by atoms with Gasteiger partial charge in [-0.05, 0) is 76.0 Å². The fourth-order valence-electron chi connectivity index (χ4n) is 7.33. The second kappa shape index (κ2) is 12.5. The van der Waals surface area contributed by atoms with Gasteiger partial charge in [0.25, 0.3) is 5.91 Å². The lowest BCUT2D eigenvalue weighted by Crippen LogP contribution is -2.70. The third-order valence-corrected chi connectivity index (χ3v) is 9.96. The highest BCUT2D eigenvalue weighted by molar-refractivity contribution is 6.65. The lowest BCUT2D eigenvalue weighted by Gasteiger charge is -2.53. The number of carbonyl (C=O) groups is 3. The molecule has 0 aliphatic carbocycles. The van der Waals surface area contributed by atoms with E-state index in [1.54, 1.807) is 12.1 Å². The Labute approximate surface area is 253 Å². The second-order valence-electron chi connectivity index (χ2n) is 12.1. The molecule has 2 fully saturated rings. The highest BCUT2D eigenvalue weighted by Crippen LogP contribution is 2.53. The highest BCUT2D eigenvalue weighted by atomic mass is 35.5. The van der Waals surface area contributed by atoms with Gasteiger partial charge in [0.1, 0.15) is 6.04 Å². The fraction of sp³-hybridized carbons (Fsp3) is 0.516. The van der Waals surface area contributed by atoms with Gasteiger partial charge in [-0.15, -0.1) is 0 Å². The van der Waals surface area contributed by atoms with Crippen LogP contribution in [0.2, 0.25) is 15.9 Å². The first-order valence-corrected chi connectivity index (χ1v) is 15.4. The van der Waals surface area contributed by atoms with Crippen molar-refractivity contribution in [3.63, 3.8) is 0 Å². The number of nitrogens with zero attached hydrogens (tertiary/aromatic N) is 1. The average molecular weight is 603 g/mol. The van der Waals surface area contributed by atoms with Crippen molar-refractivity contribution in [2.45, 2.75) is 90.9 Å². The fourth-order valence-corrected chi connectivity index (χ4v) is 7.71. The topological polar surface area (TPSA) is 81.7 Å². The summed E-state index contributed by atoms with van der Waals surface area (Å²) in [6.45, 7) is 10.8. The van der Waals surface area contributed by atoms with Crippen molar-refractivity contribution < 1.29 is 28.1 Å². The molecular weight excluding hydrogens is 562 g/mol. The van der Waals surface area contributed by atoms with E-state index in [-0.39, 0.29) is 52.6 Å². The van der Waals surface area contributed by atoms with Gasteiger partial charge in [-0.25, -0.2) is 4.79 Å². The molecule has 0 radical (unpaired) electrons. The summed E-state index contributed by atoms with van der Waals surface area (Å²) in [4.78, 5) is 40.8. The molecule has 4 rings (SSSR count). The second-order valence-corrected chi connectivity index (χ2v) is 13.0. The van der Waals surface area contributed by atoms with Crippen LogP contribution in [0.15, 0.2) is 48.5 Å². The van der Waals surface area contributed by atoms with E-state index in [1.165, 1.54) is 6.07 Å². The van der Waals surface area contributed by atoms with Gasteiger partial charge in [0.05, 0.1) is 28.8 Å². The summed E-state index contributed by atoms with van der Waals surface area (Å²) in [6.07, 6.45) is 0.895. The third kappa shape index (κ3) is 5.81. The molecule has 2 aliphatic heterocycles. The summed E-state index contributed by atoms with van der Waals surface area (Å²) < 4.78 is 13.3. The van der Waals surface area contributed by atoms with Gasteiger partial charge in [-0.3, -0.25) is 9.59 Å². The van der Waals surface area contributed by atoms with E-state index in [9.17, 15) is 14.4 Å².